The molecule has 30 heavy (non-hydrogen) atoms. The largest absolute Gasteiger partial charge is 0.494 e. The normalized spacial score (nSPS) is 15.3. The van der Waals surface area contributed by atoms with Crippen molar-refractivity contribution in [2.75, 3.05) is 33.3 Å². The smallest absolute Gasteiger partial charge is 0.234 e. The van der Waals surface area contributed by atoms with Gasteiger partial charge in [-0.2, -0.15) is 0 Å². The number of hydrogen-bond acceptors (Lipinski definition) is 4. The van der Waals surface area contributed by atoms with Crippen molar-refractivity contribution in [3.63, 3.8) is 0 Å². The lowest BCUT2D eigenvalue weighted by Gasteiger charge is -2.32. The van der Waals surface area contributed by atoms with Gasteiger partial charge in [0.15, 0.2) is 11.6 Å². The van der Waals surface area contributed by atoms with Crippen LogP contribution in [-0.4, -0.2) is 55.0 Å². The molecular weight excluding hydrogens is 381 g/mol. The summed E-state index contributed by atoms with van der Waals surface area (Å²) < 4.78 is 18.9. The molecule has 0 aliphatic carbocycles. The van der Waals surface area contributed by atoms with Crippen LogP contribution in [0.3, 0.4) is 0 Å². The summed E-state index contributed by atoms with van der Waals surface area (Å²) in [5.41, 5.74) is 2.16. The minimum Gasteiger partial charge on any atom is -0.494 e. The van der Waals surface area contributed by atoms with Crippen molar-refractivity contribution in [1.82, 2.24) is 15.1 Å². The molecule has 1 fully saturated rings. The number of methoxy groups -OCH3 is 1. The van der Waals surface area contributed by atoms with Gasteiger partial charge in [-0.05, 0) is 42.6 Å². The first-order valence-corrected chi connectivity index (χ1v) is 10.7. The third-order valence-corrected chi connectivity index (χ3v) is 5.64. The molecule has 0 radical (unpaired) electrons. The zero-order valence-corrected chi connectivity index (χ0v) is 17.9. The summed E-state index contributed by atoms with van der Waals surface area (Å²) in [5.74, 6) is -0.108. The van der Waals surface area contributed by atoms with Gasteiger partial charge in [-0.25, -0.2) is 4.39 Å². The van der Waals surface area contributed by atoms with Gasteiger partial charge in [0.05, 0.1) is 13.7 Å². The molecule has 1 heterocycles. The maximum absolute atomic E-state index is 13.9. The molecule has 0 bridgehead atoms. The van der Waals surface area contributed by atoms with Crippen molar-refractivity contribution in [3.8, 4) is 5.75 Å². The van der Waals surface area contributed by atoms with Crippen molar-refractivity contribution in [3.05, 3.63) is 65.5 Å². The van der Waals surface area contributed by atoms with Gasteiger partial charge in [0, 0.05) is 32.2 Å². The van der Waals surface area contributed by atoms with E-state index in [0.717, 1.165) is 44.6 Å². The van der Waals surface area contributed by atoms with Crippen LogP contribution >= 0.6 is 0 Å². The molecule has 0 aromatic heterocycles. The second-order valence-electron chi connectivity index (χ2n) is 7.88. The molecule has 0 spiro atoms. The van der Waals surface area contributed by atoms with Gasteiger partial charge in [0.25, 0.3) is 0 Å². The standard InChI is InChI=1S/C24H32FN3O2/c1-3-27(17-20-9-10-23(30-2)22(25)15-20)18-24(29)26-21-11-13-28(14-12-21)16-19-7-5-4-6-8-19/h4-10,15,21H,3,11-14,16-18H2,1-2H3,(H,26,29). The topological polar surface area (TPSA) is 44.8 Å². The average molecular weight is 414 g/mol. The SMILES string of the molecule is CCN(CC(=O)NC1CCN(Cc2ccccc2)CC1)Cc1ccc(OC)c(F)c1. The van der Waals surface area contributed by atoms with Gasteiger partial charge in [-0.15, -0.1) is 0 Å². The number of amides is 1. The second-order valence-corrected chi connectivity index (χ2v) is 7.88. The summed E-state index contributed by atoms with van der Waals surface area (Å²) in [5, 5.41) is 3.18. The van der Waals surface area contributed by atoms with Crippen LogP contribution in [0.4, 0.5) is 4.39 Å². The van der Waals surface area contributed by atoms with E-state index in [1.165, 1.54) is 18.7 Å². The zero-order valence-electron chi connectivity index (χ0n) is 17.9. The van der Waals surface area contributed by atoms with E-state index in [1.54, 1.807) is 6.07 Å². The van der Waals surface area contributed by atoms with Gasteiger partial charge in [-0.3, -0.25) is 14.6 Å². The van der Waals surface area contributed by atoms with E-state index in [4.69, 9.17) is 4.74 Å². The summed E-state index contributed by atoms with van der Waals surface area (Å²) >= 11 is 0. The first-order valence-electron chi connectivity index (χ1n) is 10.7. The number of rotatable bonds is 9. The number of benzene rings is 2. The predicted octanol–water partition coefficient (Wildman–Crippen LogP) is 3.44. The number of halogens is 1. The number of nitrogens with one attached hydrogen (secondary N) is 1. The molecule has 3 rings (SSSR count). The lowest BCUT2D eigenvalue weighted by molar-refractivity contribution is -0.123. The van der Waals surface area contributed by atoms with Crippen molar-refractivity contribution < 1.29 is 13.9 Å². The van der Waals surface area contributed by atoms with Gasteiger partial charge < -0.3 is 10.1 Å². The molecule has 0 saturated carbocycles. The fourth-order valence-corrected chi connectivity index (χ4v) is 3.90. The Kier molecular flexibility index (Phi) is 8.22. The Labute approximate surface area is 178 Å². The van der Waals surface area contributed by atoms with E-state index >= 15 is 0 Å². The summed E-state index contributed by atoms with van der Waals surface area (Å²) in [4.78, 5) is 17.0. The monoisotopic (exact) mass is 413 g/mol. The van der Waals surface area contributed by atoms with E-state index in [-0.39, 0.29) is 23.5 Å². The molecule has 0 unspecified atom stereocenters. The second kappa shape index (κ2) is 11.1. The summed E-state index contributed by atoms with van der Waals surface area (Å²) in [6.07, 6.45) is 1.93. The number of ether oxygens (including phenoxy) is 1. The van der Waals surface area contributed by atoms with Crippen LogP contribution in [0.15, 0.2) is 48.5 Å². The molecule has 0 atom stereocenters. The number of likely N-dealkylation sites (tertiary alicyclic amines) is 1. The molecule has 6 heteroatoms. The quantitative estimate of drug-likeness (QED) is 0.684. The molecular formula is C24H32FN3O2. The molecule has 2 aromatic carbocycles. The van der Waals surface area contributed by atoms with Crippen molar-refractivity contribution in [1.29, 1.82) is 0 Å². The highest BCUT2D eigenvalue weighted by Crippen LogP contribution is 2.19. The van der Waals surface area contributed by atoms with Crippen molar-refractivity contribution in [2.24, 2.45) is 0 Å². The summed E-state index contributed by atoms with van der Waals surface area (Å²) in [6, 6.07) is 15.7. The predicted molar refractivity (Wildman–Crippen MR) is 117 cm³/mol. The fraction of sp³-hybridized carbons (Fsp3) is 0.458. The Morgan fingerprint density at radius 3 is 2.53 bits per heavy atom. The van der Waals surface area contributed by atoms with E-state index < -0.39 is 0 Å². The van der Waals surface area contributed by atoms with Gasteiger partial charge in [-0.1, -0.05) is 43.3 Å². The van der Waals surface area contributed by atoms with Gasteiger partial charge in [0.1, 0.15) is 0 Å². The first-order chi connectivity index (χ1) is 14.6. The van der Waals surface area contributed by atoms with E-state index in [1.807, 2.05) is 24.0 Å². The highest BCUT2D eigenvalue weighted by Gasteiger charge is 2.21. The molecule has 1 amide bonds. The molecule has 1 aliphatic heterocycles. The minimum absolute atomic E-state index is 0.0346. The minimum atomic E-state index is -0.377. The number of carbonyl (C=O) groups is 1. The Hall–Kier alpha value is -2.44. The number of nitrogens with zero attached hydrogens (tertiary/aromatic N) is 2. The van der Waals surface area contributed by atoms with Crippen molar-refractivity contribution in [2.45, 2.75) is 38.9 Å². The molecule has 1 aliphatic rings. The van der Waals surface area contributed by atoms with E-state index in [9.17, 15) is 9.18 Å². The molecule has 1 saturated heterocycles. The van der Waals surface area contributed by atoms with E-state index in [2.05, 4.69) is 34.5 Å². The molecule has 5 nitrogen and oxygen atoms in total. The number of hydrogen-bond donors (Lipinski definition) is 1. The Bertz CT molecular complexity index is 807. The fourth-order valence-electron chi connectivity index (χ4n) is 3.90. The van der Waals surface area contributed by atoms with Crippen LogP contribution in [-0.2, 0) is 17.9 Å². The van der Waals surface area contributed by atoms with Crippen LogP contribution in [0, 0.1) is 5.82 Å². The van der Waals surface area contributed by atoms with Crippen LogP contribution in [0.1, 0.15) is 30.9 Å². The highest BCUT2D eigenvalue weighted by molar-refractivity contribution is 5.78. The molecule has 2 aromatic rings. The third kappa shape index (κ3) is 6.54. The lowest BCUT2D eigenvalue weighted by atomic mass is 10.0. The van der Waals surface area contributed by atoms with Crippen LogP contribution in [0.2, 0.25) is 0 Å². The third-order valence-electron chi connectivity index (χ3n) is 5.64. The van der Waals surface area contributed by atoms with Crippen LogP contribution in [0.5, 0.6) is 5.75 Å². The highest BCUT2D eigenvalue weighted by atomic mass is 19.1. The average Bonchev–Trinajstić information content (AvgIpc) is 2.75. The van der Waals surface area contributed by atoms with E-state index in [0.29, 0.717) is 13.1 Å². The van der Waals surface area contributed by atoms with Gasteiger partial charge >= 0.3 is 0 Å². The Morgan fingerprint density at radius 2 is 1.90 bits per heavy atom. The maximum Gasteiger partial charge on any atom is 0.234 e. The zero-order chi connectivity index (χ0) is 21.3. The summed E-state index contributed by atoms with van der Waals surface area (Å²) in [7, 11) is 1.45. The number of piperidine rings is 1. The van der Waals surface area contributed by atoms with Crippen molar-refractivity contribution >= 4 is 5.91 Å². The number of carbonyl (C=O) groups excluding carboxylic acids is 1. The molecule has 1 N–H and O–H groups in total. The van der Waals surface area contributed by atoms with Gasteiger partial charge in [0.2, 0.25) is 5.91 Å². The Balaban J connectivity index is 1.42. The van der Waals surface area contributed by atoms with Crippen LogP contribution in [0.25, 0.3) is 0 Å². The Morgan fingerprint density at radius 1 is 1.17 bits per heavy atom. The summed E-state index contributed by atoms with van der Waals surface area (Å²) in [6.45, 7) is 6.51. The lowest BCUT2D eigenvalue weighted by Crippen LogP contribution is -2.47. The first kappa shape index (κ1) is 22.2. The van der Waals surface area contributed by atoms with Crippen LogP contribution < -0.4 is 10.1 Å². The number of likely N-dealkylation sites (N-methyl/N-ethyl adjacent to an activating group) is 1. The maximum atomic E-state index is 13.9. The molecule has 162 valence electrons.